The summed E-state index contributed by atoms with van der Waals surface area (Å²) in [5.74, 6) is 0. The molecule has 1 unspecified atom stereocenters. The van der Waals surface area contributed by atoms with Crippen molar-refractivity contribution in [3.63, 3.8) is 0 Å². The molecule has 0 amide bonds. The molecule has 0 aromatic heterocycles. The minimum Gasteiger partial charge on any atom is -0.502 e. The Morgan fingerprint density at radius 1 is 0.917 bits per heavy atom. The van der Waals surface area contributed by atoms with Gasteiger partial charge in [-0.15, -0.1) is 0 Å². The van der Waals surface area contributed by atoms with Gasteiger partial charge in [0.15, 0.2) is 0 Å². The van der Waals surface area contributed by atoms with Crippen LogP contribution in [0.5, 0.6) is 0 Å². The molecular weight excluding hydrogens is 300 g/mol. The second-order valence-corrected chi connectivity index (χ2v) is 5.72. The zero-order valence-corrected chi connectivity index (χ0v) is 14.0. The van der Waals surface area contributed by atoms with Crippen LogP contribution in [-0.4, -0.2) is 24.4 Å². The van der Waals surface area contributed by atoms with Crippen LogP contribution in [0, 0.1) is 0 Å². The lowest BCUT2D eigenvalue weighted by Gasteiger charge is -2.09. The molecule has 2 rings (SSSR count). The molecule has 0 bridgehead atoms. The first-order valence-corrected chi connectivity index (χ1v) is 8.45. The standard InChI is InChI=1S/C21H26O3/c22-21(18-24-17-20-11-5-2-6-12-20)14-8-16-23-15-7-13-19-9-3-1-4-10-19/h1-6,8-12,16,21-22H,7,13-15,17-18H2/b16-8-. The van der Waals surface area contributed by atoms with Gasteiger partial charge in [0.2, 0.25) is 0 Å². The highest BCUT2D eigenvalue weighted by atomic mass is 16.5. The van der Waals surface area contributed by atoms with Crippen LogP contribution in [-0.2, 0) is 22.5 Å². The summed E-state index contributed by atoms with van der Waals surface area (Å²) >= 11 is 0. The molecule has 2 aromatic carbocycles. The first-order valence-electron chi connectivity index (χ1n) is 8.45. The van der Waals surface area contributed by atoms with Crippen molar-refractivity contribution in [3.05, 3.63) is 84.1 Å². The largest absolute Gasteiger partial charge is 0.502 e. The molecule has 3 nitrogen and oxygen atoms in total. The van der Waals surface area contributed by atoms with E-state index in [9.17, 15) is 5.11 Å². The quantitative estimate of drug-likeness (QED) is 0.499. The lowest BCUT2D eigenvalue weighted by atomic mass is 10.1. The van der Waals surface area contributed by atoms with Crippen molar-refractivity contribution >= 4 is 0 Å². The second kappa shape index (κ2) is 11.4. The normalized spacial score (nSPS) is 12.4. The van der Waals surface area contributed by atoms with Gasteiger partial charge in [0.1, 0.15) is 0 Å². The van der Waals surface area contributed by atoms with Gasteiger partial charge in [-0.1, -0.05) is 60.7 Å². The summed E-state index contributed by atoms with van der Waals surface area (Å²) in [4.78, 5) is 0. The van der Waals surface area contributed by atoms with Crippen molar-refractivity contribution in [2.45, 2.75) is 32.0 Å². The molecule has 24 heavy (non-hydrogen) atoms. The molecule has 0 radical (unpaired) electrons. The van der Waals surface area contributed by atoms with Crippen molar-refractivity contribution in [3.8, 4) is 0 Å². The highest BCUT2D eigenvalue weighted by molar-refractivity contribution is 5.14. The molecule has 0 saturated heterocycles. The number of rotatable bonds is 11. The predicted molar refractivity (Wildman–Crippen MR) is 96.6 cm³/mol. The van der Waals surface area contributed by atoms with E-state index < -0.39 is 6.10 Å². The van der Waals surface area contributed by atoms with Crippen molar-refractivity contribution < 1.29 is 14.6 Å². The molecule has 1 atom stereocenters. The number of hydrogen-bond acceptors (Lipinski definition) is 3. The number of aliphatic hydroxyl groups excluding tert-OH is 1. The molecule has 0 aliphatic rings. The molecule has 0 aliphatic carbocycles. The van der Waals surface area contributed by atoms with E-state index in [0.29, 0.717) is 26.2 Å². The summed E-state index contributed by atoms with van der Waals surface area (Å²) in [7, 11) is 0. The number of hydrogen-bond donors (Lipinski definition) is 1. The minimum absolute atomic E-state index is 0.327. The Morgan fingerprint density at radius 2 is 1.58 bits per heavy atom. The van der Waals surface area contributed by atoms with Crippen molar-refractivity contribution in [2.24, 2.45) is 0 Å². The first kappa shape index (κ1) is 18.2. The van der Waals surface area contributed by atoms with Crippen LogP contribution in [0.3, 0.4) is 0 Å². The summed E-state index contributed by atoms with van der Waals surface area (Å²) in [5, 5.41) is 9.85. The lowest BCUT2D eigenvalue weighted by Crippen LogP contribution is -2.14. The van der Waals surface area contributed by atoms with Gasteiger partial charge in [0, 0.05) is 0 Å². The van der Waals surface area contributed by atoms with E-state index in [2.05, 4.69) is 24.3 Å². The third kappa shape index (κ3) is 7.95. The van der Waals surface area contributed by atoms with Crippen LogP contribution in [0.15, 0.2) is 73.0 Å². The van der Waals surface area contributed by atoms with Crippen LogP contribution < -0.4 is 0 Å². The molecule has 0 saturated carbocycles. The maximum atomic E-state index is 9.85. The van der Waals surface area contributed by atoms with E-state index in [1.54, 1.807) is 6.26 Å². The monoisotopic (exact) mass is 326 g/mol. The van der Waals surface area contributed by atoms with E-state index in [-0.39, 0.29) is 0 Å². The van der Waals surface area contributed by atoms with E-state index in [1.165, 1.54) is 5.56 Å². The number of aliphatic hydroxyl groups is 1. The van der Waals surface area contributed by atoms with Crippen LogP contribution in [0.1, 0.15) is 24.0 Å². The molecule has 0 fully saturated rings. The smallest absolute Gasteiger partial charge is 0.0876 e. The van der Waals surface area contributed by atoms with Gasteiger partial charge in [-0.25, -0.2) is 0 Å². The summed E-state index contributed by atoms with van der Waals surface area (Å²) < 4.78 is 10.9. The summed E-state index contributed by atoms with van der Waals surface area (Å²) in [6.45, 7) is 1.54. The van der Waals surface area contributed by atoms with Crippen molar-refractivity contribution in [1.82, 2.24) is 0 Å². The summed E-state index contributed by atoms with van der Waals surface area (Å²) in [5.41, 5.74) is 2.44. The molecule has 3 heteroatoms. The average molecular weight is 326 g/mol. The molecule has 0 aliphatic heterocycles. The SMILES string of the molecule is OC(C/C=C\OCCCc1ccccc1)COCc1ccccc1. The van der Waals surface area contributed by atoms with Gasteiger partial charge in [0.05, 0.1) is 32.2 Å². The van der Waals surface area contributed by atoms with Gasteiger partial charge in [0.25, 0.3) is 0 Å². The van der Waals surface area contributed by atoms with Gasteiger partial charge in [-0.05, 0) is 36.5 Å². The molecule has 0 heterocycles. The number of aryl methyl sites for hydroxylation is 1. The fraction of sp³-hybridized carbons (Fsp3) is 0.333. The molecule has 0 spiro atoms. The minimum atomic E-state index is -0.502. The zero-order valence-electron chi connectivity index (χ0n) is 14.0. The van der Waals surface area contributed by atoms with E-state index in [0.717, 1.165) is 18.4 Å². The lowest BCUT2D eigenvalue weighted by molar-refractivity contribution is 0.0298. The second-order valence-electron chi connectivity index (χ2n) is 5.72. The maximum Gasteiger partial charge on any atom is 0.0876 e. The van der Waals surface area contributed by atoms with Crippen LogP contribution >= 0.6 is 0 Å². The Bertz CT molecular complexity index is 566. The summed E-state index contributed by atoms with van der Waals surface area (Å²) in [6, 6.07) is 20.3. The maximum absolute atomic E-state index is 9.85. The third-order valence-electron chi connectivity index (χ3n) is 3.59. The Kier molecular flexibility index (Phi) is 8.69. The Labute approximate surface area is 144 Å². The fourth-order valence-electron chi connectivity index (χ4n) is 2.31. The van der Waals surface area contributed by atoms with E-state index in [1.807, 2.05) is 42.5 Å². The predicted octanol–water partition coefficient (Wildman–Crippen LogP) is 4.12. The number of benzene rings is 2. The van der Waals surface area contributed by atoms with Crippen molar-refractivity contribution in [1.29, 1.82) is 0 Å². The topological polar surface area (TPSA) is 38.7 Å². The van der Waals surface area contributed by atoms with Gasteiger partial charge in [-0.2, -0.15) is 0 Å². The summed E-state index contributed by atoms with van der Waals surface area (Å²) in [6.07, 6.45) is 5.55. The molecular formula is C21H26O3. The van der Waals surface area contributed by atoms with Gasteiger partial charge >= 0.3 is 0 Å². The van der Waals surface area contributed by atoms with Gasteiger partial charge in [-0.3, -0.25) is 0 Å². The highest BCUT2D eigenvalue weighted by Crippen LogP contribution is 2.04. The average Bonchev–Trinajstić information content (AvgIpc) is 2.63. The Hall–Kier alpha value is -2.10. The fourth-order valence-corrected chi connectivity index (χ4v) is 2.31. The Balaban J connectivity index is 1.47. The molecule has 128 valence electrons. The van der Waals surface area contributed by atoms with E-state index >= 15 is 0 Å². The van der Waals surface area contributed by atoms with Crippen LogP contribution in [0.4, 0.5) is 0 Å². The highest BCUT2D eigenvalue weighted by Gasteiger charge is 2.02. The Morgan fingerprint density at radius 3 is 2.29 bits per heavy atom. The third-order valence-corrected chi connectivity index (χ3v) is 3.59. The first-order chi connectivity index (χ1) is 11.8. The van der Waals surface area contributed by atoms with Gasteiger partial charge < -0.3 is 14.6 Å². The zero-order chi connectivity index (χ0) is 16.9. The van der Waals surface area contributed by atoms with Crippen LogP contribution in [0.25, 0.3) is 0 Å². The van der Waals surface area contributed by atoms with Crippen LogP contribution in [0.2, 0.25) is 0 Å². The molecule has 2 aromatic rings. The number of ether oxygens (including phenoxy) is 2. The molecule has 1 N–H and O–H groups in total. The van der Waals surface area contributed by atoms with E-state index in [4.69, 9.17) is 9.47 Å². The van der Waals surface area contributed by atoms with Crippen molar-refractivity contribution in [2.75, 3.05) is 13.2 Å².